The second-order valence-corrected chi connectivity index (χ2v) is 13.2. The second kappa shape index (κ2) is 14.1. The fraction of sp³-hybridized carbons (Fsp3) is 0.759. The SMILES string of the molecule is CCN(CC)CC1CCN([C@H]2CC[C@H](NC(=O)CCN(C)S(=O)(=O)c3c(C)cc(OC)cc3C)CC2)CC1. The van der Waals surface area contributed by atoms with Crippen molar-refractivity contribution in [3.63, 3.8) is 0 Å². The minimum Gasteiger partial charge on any atom is -0.497 e. The Morgan fingerprint density at radius 2 is 1.61 bits per heavy atom. The number of rotatable bonds is 12. The molecule has 3 rings (SSSR count). The van der Waals surface area contributed by atoms with Gasteiger partial charge < -0.3 is 19.9 Å². The fourth-order valence-electron chi connectivity index (χ4n) is 6.20. The quantitative estimate of drug-likeness (QED) is 0.426. The average Bonchev–Trinajstić information content (AvgIpc) is 2.90. The zero-order valence-electron chi connectivity index (χ0n) is 24.5. The standard InChI is InChI=1S/C29H50N4O4S/c1-7-32(8-2)21-24-13-17-33(18-14-24)26-11-9-25(10-12-26)30-28(34)15-16-31(5)38(35,36)29-22(3)19-27(37-6)20-23(29)4/h19-20,24-26H,7-18,21H2,1-6H3,(H,30,34)/t25-,26-. The number of nitrogens with zero attached hydrogens (tertiary/aromatic N) is 3. The molecule has 1 aliphatic heterocycles. The molecule has 0 atom stereocenters. The molecule has 216 valence electrons. The van der Waals surface area contributed by atoms with Crippen molar-refractivity contribution >= 4 is 15.9 Å². The van der Waals surface area contributed by atoms with E-state index in [9.17, 15) is 13.2 Å². The predicted octanol–water partition coefficient (Wildman–Crippen LogP) is 3.80. The van der Waals surface area contributed by atoms with Gasteiger partial charge in [-0.25, -0.2) is 12.7 Å². The van der Waals surface area contributed by atoms with Crippen LogP contribution in [0, 0.1) is 19.8 Å². The average molecular weight is 551 g/mol. The van der Waals surface area contributed by atoms with Gasteiger partial charge in [0.1, 0.15) is 5.75 Å². The molecule has 38 heavy (non-hydrogen) atoms. The summed E-state index contributed by atoms with van der Waals surface area (Å²) in [4.78, 5) is 18.2. The smallest absolute Gasteiger partial charge is 0.243 e. The number of benzene rings is 1. The van der Waals surface area contributed by atoms with Gasteiger partial charge in [0, 0.05) is 38.6 Å². The maximum atomic E-state index is 13.2. The lowest BCUT2D eigenvalue weighted by atomic mass is 9.87. The van der Waals surface area contributed by atoms with E-state index in [-0.39, 0.29) is 29.8 Å². The minimum absolute atomic E-state index is 0.0732. The second-order valence-electron chi connectivity index (χ2n) is 11.2. The molecule has 1 saturated heterocycles. The summed E-state index contributed by atoms with van der Waals surface area (Å²) in [5.74, 6) is 1.38. The van der Waals surface area contributed by atoms with Crippen molar-refractivity contribution in [1.29, 1.82) is 0 Å². The van der Waals surface area contributed by atoms with Gasteiger partial charge in [0.05, 0.1) is 12.0 Å². The molecule has 1 saturated carbocycles. The molecule has 0 unspecified atom stereocenters. The maximum absolute atomic E-state index is 13.2. The van der Waals surface area contributed by atoms with Crippen LogP contribution >= 0.6 is 0 Å². The van der Waals surface area contributed by atoms with Crippen LogP contribution in [0.15, 0.2) is 17.0 Å². The van der Waals surface area contributed by atoms with Crippen LogP contribution in [0.2, 0.25) is 0 Å². The highest BCUT2D eigenvalue weighted by molar-refractivity contribution is 7.89. The van der Waals surface area contributed by atoms with Gasteiger partial charge in [0.25, 0.3) is 0 Å². The van der Waals surface area contributed by atoms with E-state index in [2.05, 4.69) is 29.0 Å². The maximum Gasteiger partial charge on any atom is 0.243 e. The normalized spacial score (nSPS) is 21.7. The summed E-state index contributed by atoms with van der Waals surface area (Å²) in [6.45, 7) is 14.1. The van der Waals surface area contributed by atoms with Gasteiger partial charge in [0.15, 0.2) is 0 Å². The molecule has 0 bridgehead atoms. The molecular weight excluding hydrogens is 500 g/mol. The summed E-state index contributed by atoms with van der Waals surface area (Å²) in [6.07, 6.45) is 6.97. The number of hydrogen-bond donors (Lipinski definition) is 1. The zero-order chi connectivity index (χ0) is 27.9. The van der Waals surface area contributed by atoms with Crippen LogP contribution in [-0.2, 0) is 14.8 Å². The van der Waals surface area contributed by atoms with Gasteiger partial charge in [-0.1, -0.05) is 13.8 Å². The Morgan fingerprint density at radius 3 is 2.13 bits per heavy atom. The van der Waals surface area contributed by atoms with Gasteiger partial charge in [-0.15, -0.1) is 0 Å². The number of carbonyl (C=O) groups is 1. The van der Waals surface area contributed by atoms with Gasteiger partial charge >= 0.3 is 0 Å². The van der Waals surface area contributed by atoms with Crippen LogP contribution in [-0.4, -0.2) is 93.9 Å². The molecule has 1 aliphatic carbocycles. The monoisotopic (exact) mass is 550 g/mol. The number of sulfonamides is 1. The number of aryl methyl sites for hydroxylation is 2. The van der Waals surface area contributed by atoms with Gasteiger partial charge in [0.2, 0.25) is 15.9 Å². The first kappa shape index (κ1) is 30.9. The molecule has 1 N–H and O–H groups in total. The Bertz CT molecular complexity index is 988. The molecule has 1 aromatic rings. The molecule has 0 radical (unpaired) electrons. The Balaban J connectivity index is 1.41. The molecule has 0 spiro atoms. The number of nitrogens with one attached hydrogen (secondary N) is 1. The van der Waals surface area contributed by atoms with Crippen molar-refractivity contribution in [3.05, 3.63) is 23.3 Å². The van der Waals surface area contributed by atoms with E-state index in [0.717, 1.165) is 44.7 Å². The first-order valence-corrected chi connectivity index (χ1v) is 15.9. The van der Waals surface area contributed by atoms with E-state index in [4.69, 9.17) is 4.74 Å². The highest BCUT2D eigenvalue weighted by Gasteiger charge is 2.30. The summed E-state index contributed by atoms with van der Waals surface area (Å²) in [5, 5.41) is 3.17. The minimum atomic E-state index is -3.70. The van der Waals surface area contributed by atoms with Gasteiger partial charge in [-0.3, -0.25) is 4.79 Å². The van der Waals surface area contributed by atoms with Gasteiger partial charge in [-0.05, 0) is 108 Å². The first-order valence-electron chi connectivity index (χ1n) is 14.5. The molecule has 8 nitrogen and oxygen atoms in total. The lowest BCUT2D eigenvalue weighted by Crippen LogP contribution is -2.47. The van der Waals surface area contributed by atoms with Crippen molar-refractivity contribution in [3.8, 4) is 5.75 Å². The Hall–Kier alpha value is -1.68. The van der Waals surface area contributed by atoms with Crippen molar-refractivity contribution in [2.24, 2.45) is 5.92 Å². The molecule has 9 heteroatoms. The molecule has 1 amide bonds. The number of likely N-dealkylation sites (tertiary alicyclic amines) is 1. The van der Waals surface area contributed by atoms with E-state index in [1.807, 2.05) is 0 Å². The largest absolute Gasteiger partial charge is 0.497 e. The van der Waals surface area contributed by atoms with Crippen molar-refractivity contribution in [2.45, 2.75) is 89.6 Å². The van der Waals surface area contributed by atoms with Crippen LogP contribution in [0.25, 0.3) is 0 Å². The summed E-state index contributed by atoms with van der Waals surface area (Å²) >= 11 is 0. The van der Waals surface area contributed by atoms with Crippen molar-refractivity contribution in [1.82, 2.24) is 19.4 Å². The van der Waals surface area contributed by atoms with Crippen LogP contribution in [0.5, 0.6) is 5.75 Å². The molecule has 2 fully saturated rings. The highest BCUT2D eigenvalue weighted by Crippen LogP contribution is 2.29. The van der Waals surface area contributed by atoms with Crippen molar-refractivity contribution < 1.29 is 17.9 Å². The summed E-state index contributed by atoms with van der Waals surface area (Å²) in [5.41, 5.74) is 1.28. The number of methoxy groups -OCH3 is 1. The predicted molar refractivity (Wildman–Crippen MR) is 153 cm³/mol. The third kappa shape index (κ3) is 7.93. The van der Waals surface area contributed by atoms with Crippen molar-refractivity contribution in [2.75, 3.05) is 53.4 Å². The molecule has 2 aliphatic rings. The lowest BCUT2D eigenvalue weighted by molar-refractivity contribution is -0.122. The number of hydrogen-bond acceptors (Lipinski definition) is 6. The molecule has 0 aromatic heterocycles. The number of carbonyl (C=O) groups excluding carboxylic acids is 1. The van der Waals surface area contributed by atoms with E-state index >= 15 is 0 Å². The van der Waals surface area contributed by atoms with E-state index in [0.29, 0.717) is 22.9 Å². The summed E-state index contributed by atoms with van der Waals surface area (Å²) in [7, 11) is -0.588. The summed E-state index contributed by atoms with van der Waals surface area (Å²) in [6, 6.07) is 4.27. The third-order valence-corrected chi connectivity index (χ3v) is 10.8. The van der Waals surface area contributed by atoms with Crippen LogP contribution < -0.4 is 10.1 Å². The number of amides is 1. The van der Waals surface area contributed by atoms with Crippen LogP contribution in [0.4, 0.5) is 0 Å². The summed E-state index contributed by atoms with van der Waals surface area (Å²) < 4.78 is 33.0. The van der Waals surface area contributed by atoms with Crippen LogP contribution in [0.1, 0.15) is 69.9 Å². The molecular formula is C29H50N4O4S. The van der Waals surface area contributed by atoms with E-state index in [1.165, 1.54) is 36.8 Å². The number of piperidine rings is 1. The topological polar surface area (TPSA) is 82.2 Å². The zero-order valence-corrected chi connectivity index (χ0v) is 25.3. The van der Waals surface area contributed by atoms with Gasteiger partial charge in [-0.2, -0.15) is 0 Å². The Labute approximate surface area is 231 Å². The highest BCUT2D eigenvalue weighted by atomic mass is 32.2. The number of ether oxygens (including phenoxy) is 1. The Kier molecular flexibility index (Phi) is 11.4. The molecule has 1 aromatic carbocycles. The first-order chi connectivity index (χ1) is 18.1. The Morgan fingerprint density at radius 1 is 1.03 bits per heavy atom. The third-order valence-electron chi connectivity index (χ3n) is 8.63. The molecule has 1 heterocycles. The fourth-order valence-corrected chi connectivity index (χ4v) is 7.78. The van der Waals surface area contributed by atoms with E-state index in [1.54, 1.807) is 40.1 Å². The lowest BCUT2D eigenvalue weighted by Gasteiger charge is -2.41. The van der Waals surface area contributed by atoms with Crippen LogP contribution in [0.3, 0.4) is 0 Å². The van der Waals surface area contributed by atoms with E-state index < -0.39 is 10.0 Å².